The average molecular weight is 466 g/mol. The number of aromatic carboxylic acids is 1. The van der Waals surface area contributed by atoms with Gasteiger partial charge in [0.25, 0.3) is 0 Å². The molecule has 0 bridgehead atoms. The number of nitrogens with one attached hydrogen (secondary N) is 3. The fourth-order valence-electron chi connectivity index (χ4n) is 3.28. The van der Waals surface area contributed by atoms with Crippen molar-refractivity contribution < 1.29 is 14.7 Å². The van der Waals surface area contributed by atoms with Gasteiger partial charge in [0, 0.05) is 44.6 Å². The Bertz CT molecular complexity index is 1330. The fraction of sp³-hybridized carbons (Fsp3) is 0. The molecule has 1 aromatic heterocycles. The number of hydrogen-bond donors (Lipinski definition) is 4. The van der Waals surface area contributed by atoms with Crippen LogP contribution in [0, 0.1) is 0 Å². The Kier molecular flexibility index (Phi) is 6.16. The molecule has 0 saturated heterocycles. The molecule has 0 aliphatic heterocycles. The highest BCUT2D eigenvalue weighted by molar-refractivity contribution is 6.39. The second-order valence-electron chi connectivity index (χ2n) is 6.92. The summed E-state index contributed by atoms with van der Waals surface area (Å²) in [7, 11) is 0. The molecule has 8 heteroatoms. The molecule has 4 aromatic rings. The molecule has 1 heterocycles. The van der Waals surface area contributed by atoms with Gasteiger partial charge >= 0.3 is 5.97 Å². The smallest absolute Gasteiger partial charge is 0.352 e. The summed E-state index contributed by atoms with van der Waals surface area (Å²) in [5, 5.41) is 16.7. The van der Waals surface area contributed by atoms with Gasteiger partial charge in [-0.15, -0.1) is 0 Å². The first kappa shape index (κ1) is 21.5. The zero-order valence-corrected chi connectivity index (χ0v) is 18.0. The number of carboxylic acid groups (broad SMARTS) is 1. The fourth-order valence-corrected chi connectivity index (χ4v) is 3.87. The van der Waals surface area contributed by atoms with Crippen LogP contribution in [0.25, 0.3) is 17.0 Å². The molecule has 0 unspecified atom stereocenters. The number of amides is 1. The summed E-state index contributed by atoms with van der Waals surface area (Å²) < 4.78 is 0. The Morgan fingerprint density at radius 2 is 1.56 bits per heavy atom. The minimum atomic E-state index is -1.17. The summed E-state index contributed by atoms with van der Waals surface area (Å²) in [5.41, 5.74) is 3.13. The SMILES string of the molecule is O=C(/C=C/c1c(C(=O)O)[nH]c2cc(Cl)cc(Cl)c12)Nc1ccc(Nc2ccccc2)cc1. The predicted octanol–water partition coefficient (Wildman–Crippen LogP) is 6.57. The molecule has 0 aliphatic rings. The van der Waals surface area contributed by atoms with Crippen molar-refractivity contribution in [3.63, 3.8) is 0 Å². The lowest BCUT2D eigenvalue weighted by molar-refractivity contribution is -0.111. The second-order valence-corrected chi connectivity index (χ2v) is 7.76. The van der Waals surface area contributed by atoms with E-state index in [1.54, 1.807) is 18.2 Å². The average Bonchev–Trinajstić information content (AvgIpc) is 3.13. The van der Waals surface area contributed by atoms with E-state index in [1.165, 1.54) is 18.2 Å². The van der Waals surface area contributed by atoms with Crippen molar-refractivity contribution in [1.82, 2.24) is 4.98 Å². The van der Waals surface area contributed by atoms with Gasteiger partial charge in [0.1, 0.15) is 5.69 Å². The summed E-state index contributed by atoms with van der Waals surface area (Å²) in [4.78, 5) is 26.8. The zero-order chi connectivity index (χ0) is 22.7. The normalized spacial score (nSPS) is 11.1. The van der Waals surface area contributed by atoms with Crippen molar-refractivity contribution in [3.05, 3.63) is 94.1 Å². The first-order chi connectivity index (χ1) is 15.4. The van der Waals surface area contributed by atoms with Crippen molar-refractivity contribution in [1.29, 1.82) is 0 Å². The van der Waals surface area contributed by atoms with E-state index in [4.69, 9.17) is 23.2 Å². The number of carbonyl (C=O) groups excluding carboxylic acids is 1. The van der Waals surface area contributed by atoms with Crippen LogP contribution in [0.4, 0.5) is 17.1 Å². The number of hydrogen-bond acceptors (Lipinski definition) is 3. The van der Waals surface area contributed by atoms with E-state index in [1.807, 2.05) is 42.5 Å². The van der Waals surface area contributed by atoms with Crippen molar-refractivity contribution in [3.8, 4) is 0 Å². The van der Waals surface area contributed by atoms with Gasteiger partial charge in [0.15, 0.2) is 0 Å². The molecule has 4 N–H and O–H groups in total. The van der Waals surface area contributed by atoms with E-state index >= 15 is 0 Å². The zero-order valence-electron chi connectivity index (χ0n) is 16.5. The third-order valence-electron chi connectivity index (χ3n) is 4.68. The number of anilines is 3. The molecule has 160 valence electrons. The molecule has 0 fully saturated rings. The van der Waals surface area contributed by atoms with Crippen molar-refractivity contribution in [2.45, 2.75) is 0 Å². The summed E-state index contributed by atoms with van der Waals surface area (Å²) in [5.74, 6) is -1.58. The topological polar surface area (TPSA) is 94.2 Å². The first-order valence-corrected chi connectivity index (χ1v) is 10.3. The standard InChI is InChI=1S/C24H17Cl2N3O3/c25-14-12-19(26)22-18(23(24(31)32)29-20(22)13-14)10-11-21(30)28-17-8-6-16(7-9-17)27-15-4-2-1-3-5-15/h1-13,27,29H,(H,28,30)(H,31,32)/b11-10+. The van der Waals surface area contributed by atoms with Gasteiger partial charge in [-0.2, -0.15) is 0 Å². The Labute approximate surface area is 193 Å². The minimum absolute atomic E-state index is 0.0791. The molecular weight excluding hydrogens is 449 g/mol. The molecule has 0 radical (unpaired) electrons. The number of fused-ring (bicyclic) bond motifs is 1. The van der Waals surface area contributed by atoms with E-state index in [2.05, 4.69) is 15.6 Å². The van der Waals surface area contributed by atoms with Crippen LogP contribution in [0.15, 0.2) is 72.8 Å². The minimum Gasteiger partial charge on any atom is -0.477 e. The van der Waals surface area contributed by atoms with Crippen molar-refractivity contribution in [2.75, 3.05) is 10.6 Å². The quantitative estimate of drug-likeness (QED) is 0.242. The maximum Gasteiger partial charge on any atom is 0.352 e. The number of carboxylic acids is 1. The van der Waals surface area contributed by atoms with Crippen LogP contribution in [0.3, 0.4) is 0 Å². The van der Waals surface area contributed by atoms with Crippen LogP contribution in [0.5, 0.6) is 0 Å². The van der Waals surface area contributed by atoms with Gasteiger partial charge < -0.3 is 20.7 Å². The van der Waals surface area contributed by atoms with Gasteiger partial charge in [0.2, 0.25) is 5.91 Å². The van der Waals surface area contributed by atoms with Crippen LogP contribution < -0.4 is 10.6 Å². The van der Waals surface area contributed by atoms with Gasteiger partial charge in [-0.05, 0) is 54.6 Å². The Balaban J connectivity index is 1.51. The van der Waals surface area contributed by atoms with Crippen LogP contribution in [0.1, 0.15) is 16.1 Å². The molecule has 6 nitrogen and oxygen atoms in total. The van der Waals surface area contributed by atoms with Gasteiger partial charge in [-0.1, -0.05) is 41.4 Å². The number of aromatic nitrogens is 1. The van der Waals surface area contributed by atoms with E-state index in [0.29, 0.717) is 27.2 Å². The summed E-state index contributed by atoms with van der Waals surface area (Å²) in [6, 6.07) is 20.1. The van der Waals surface area contributed by atoms with E-state index in [0.717, 1.165) is 11.4 Å². The molecule has 0 atom stereocenters. The van der Waals surface area contributed by atoms with E-state index in [-0.39, 0.29) is 10.7 Å². The molecule has 32 heavy (non-hydrogen) atoms. The lowest BCUT2D eigenvalue weighted by Gasteiger charge is -2.07. The second kappa shape index (κ2) is 9.18. The predicted molar refractivity (Wildman–Crippen MR) is 129 cm³/mol. The van der Waals surface area contributed by atoms with Crippen LogP contribution >= 0.6 is 23.2 Å². The van der Waals surface area contributed by atoms with Crippen molar-refractivity contribution in [2.24, 2.45) is 0 Å². The van der Waals surface area contributed by atoms with Crippen LogP contribution in [0.2, 0.25) is 10.0 Å². The van der Waals surface area contributed by atoms with Crippen LogP contribution in [-0.4, -0.2) is 22.0 Å². The van der Waals surface area contributed by atoms with E-state index < -0.39 is 11.9 Å². The van der Waals surface area contributed by atoms with Gasteiger partial charge in [-0.25, -0.2) is 4.79 Å². The van der Waals surface area contributed by atoms with Gasteiger partial charge in [-0.3, -0.25) is 4.79 Å². The summed E-state index contributed by atoms with van der Waals surface area (Å²) in [6.45, 7) is 0. The monoisotopic (exact) mass is 465 g/mol. The summed E-state index contributed by atoms with van der Waals surface area (Å²) in [6.07, 6.45) is 2.68. The number of aromatic amines is 1. The highest BCUT2D eigenvalue weighted by atomic mass is 35.5. The number of benzene rings is 3. The number of H-pyrrole nitrogens is 1. The van der Waals surface area contributed by atoms with Gasteiger partial charge in [0.05, 0.1) is 5.02 Å². The molecule has 4 rings (SSSR count). The Morgan fingerprint density at radius 3 is 2.25 bits per heavy atom. The first-order valence-electron chi connectivity index (χ1n) is 9.56. The molecule has 3 aromatic carbocycles. The lowest BCUT2D eigenvalue weighted by Crippen LogP contribution is -2.08. The highest BCUT2D eigenvalue weighted by Crippen LogP contribution is 2.33. The number of carbonyl (C=O) groups is 2. The maximum atomic E-state index is 12.4. The number of para-hydroxylation sites is 1. The van der Waals surface area contributed by atoms with Crippen LogP contribution in [-0.2, 0) is 4.79 Å². The Morgan fingerprint density at radius 1 is 0.906 bits per heavy atom. The summed E-state index contributed by atoms with van der Waals surface area (Å²) >= 11 is 12.3. The molecule has 0 spiro atoms. The number of halogens is 2. The third-order valence-corrected chi connectivity index (χ3v) is 5.20. The highest BCUT2D eigenvalue weighted by Gasteiger charge is 2.18. The maximum absolute atomic E-state index is 12.4. The Hall–Kier alpha value is -3.74. The lowest BCUT2D eigenvalue weighted by atomic mass is 10.1. The number of rotatable bonds is 6. The molecule has 0 saturated carbocycles. The van der Waals surface area contributed by atoms with E-state index in [9.17, 15) is 14.7 Å². The molecule has 0 aliphatic carbocycles. The largest absolute Gasteiger partial charge is 0.477 e. The molecule has 1 amide bonds. The third kappa shape index (κ3) is 4.77. The molecular formula is C24H17Cl2N3O3. The van der Waals surface area contributed by atoms with Crippen molar-refractivity contribution >= 4 is 69.1 Å².